The molecule has 0 radical (unpaired) electrons. The molecule has 0 bridgehead atoms. The summed E-state index contributed by atoms with van der Waals surface area (Å²) < 4.78 is 5.04. The molecule has 0 saturated carbocycles. The number of carbonyl (C=O) groups is 2. The third kappa shape index (κ3) is 4.97. The van der Waals surface area contributed by atoms with Gasteiger partial charge in [0.2, 0.25) is 5.91 Å². The molecule has 2 aliphatic rings. The number of nitro groups is 1. The number of ether oxygens (including phenoxy) is 1. The fourth-order valence-corrected chi connectivity index (χ4v) is 5.03. The Morgan fingerprint density at radius 3 is 2.49 bits per heavy atom. The molecule has 1 amide bonds. The summed E-state index contributed by atoms with van der Waals surface area (Å²) in [5.74, 6) is -0.632. The Labute approximate surface area is 206 Å². The molecule has 35 heavy (non-hydrogen) atoms. The lowest BCUT2D eigenvalue weighted by molar-refractivity contribution is -0.384. The Bertz CT molecular complexity index is 1250. The van der Waals surface area contributed by atoms with E-state index < -0.39 is 16.9 Å². The van der Waals surface area contributed by atoms with E-state index in [4.69, 9.17) is 4.74 Å². The van der Waals surface area contributed by atoms with E-state index in [9.17, 15) is 19.7 Å². The van der Waals surface area contributed by atoms with E-state index in [0.717, 1.165) is 5.56 Å². The maximum Gasteiger partial charge on any atom is 0.338 e. The Morgan fingerprint density at radius 1 is 1.17 bits per heavy atom. The van der Waals surface area contributed by atoms with Gasteiger partial charge in [0.1, 0.15) is 0 Å². The second kappa shape index (κ2) is 10.1. The lowest BCUT2D eigenvalue weighted by Crippen LogP contribution is -2.38. The van der Waals surface area contributed by atoms with Crippen LogP contribution in [0.15, 0.2) is 82.0 Å². The molecule has 180 valence electrons. The molecule has 2 aromatic carbocycles. The summed E-state index contributed by atoms with van der Waals surface area (Å²) in [5.41, 5.74) is 3.14. The minimum Gasteiger partial charge on any atom is -0.466 e. The quantitative estimate of drug-likeness (QED) is 0.321. The molecule has 0 aliphatic carbocycles. The van der Waals surface area contributed by atoms with Gasteiger partial charge in [0.25, 0.3) is 5.69 Å². The molecule has 0 aromatic heterocycles. The molecule has 0 saturated heterocycles. The van der Waals surface area contributed by atoms with Gasteiger partial charge in [-0.3, -0.25) is 14.9 Å². The number of hydrogen-bond acceptors (Lipinski definition) is 8. The number of carbonyl (C=O) groups excluding carboxylic acids is 2. The molecule has 10 heteroatoms. The molecule has 1 unspecified atom stereocenters. The number of aliphatic imine (C=N–C) groups is 1. The predicted molar refractivity (Wildman–Crippen MR) is 133 cm³/mol. The first-order valence-corrected chi connectivity index (χ1v) is 11.7. The van der Waals surface area contributed by atoms with Crippen LogP contribution >= 0.6 is 11.8 Å². The third-order valence-corrected chi connectivity index (χ3v) is 6.74. The van der Waals surface area contributed by atoms with Crippen molar-refractivity contribution in [3.63, 3.8) is 0 Å². The topological polar surface area (TPSA) is 105 Å². The Kier molecular flexibility index (Phi) is 7.02. The number of esters is 1. The third-order valence-electron chi connectivity index (χ3n) is 5.85. The molecule has 0 fully saturated rings. The van der Waals surface area contributed by atoms with Crippen LogP contribution in [0.5, 0.6) is 0 Å². The average molecular weight is 493 g/mol. The molecular weight excluding hydrogens is 468 g/mol. The van der Waals surface area contributed by atoms with Gasteiger partial charge in [-0.1, -0.05) is 42.1 Å². The van der Waals surface area contributed by atoms with E-state index in [1.807, 2.05) is 40.6 Å². The minimum atomic E-state index is -0.635. The van der Waals surface area contributed by atoms with Crippen molar-refractivity contribution < 1.29 is 19.2 Å². The first kappa shape index (κ1) is 24.2. The number of nitro benzene ring substituents is 1. The van der Waals surface area contributed by atoms with Gasteiger partial charge in [-0.15, -0.1) is 0 Å². The van der Waals surface area contributed by atoms with Gasteiger partial charge in [0.05, 0.1) is 35.8 Å². The van der Waals surface area contributed by atoms with Crippen molar-refractivity contribution in [3.8, 4) is 0 Å². The van der Waals surface area contributed by atoms with Crippen LogP contribution in [-0.2, 0) is 20.9 Å². The van der Waals surface area contributed by atoms with Gasteiger partial charge in [0.15, 0.2) is 5.17 Å². The summed E-state index contributed by atoms with van der Waals surface area (Å²) >= 11 is 1.37. The maximum absolute atomic E-state index is 13.1. The highest BCUT2D eigenvalue weighted by molar-refractivity contribution is 8.16. The first-order chi connectivity index (χ1) is 16.8. The first-order valence-electron chi connectivity index (χ1n) is 10.8. The summed E-state index contributed by atoms with van der Waals surface area (Å²) in [7, 11) is 3.05. The lowest BCUT2D eigenvalue weighted by atomic mass is 9.93. The highest BCUT2D eigenvalue weighted by Gasteiger charge is 2.41. The molecule has 2 heterocycles. The van der Waals surface area contributed by atoms with Crippen molar-refractivity contribution in [2.75, 3.05) is 14.2 Å². The number of fused-ring (bicyclic) bond motifs is 1. The predicted octanol–water partition coefficient (Wildman–Crippen LogP) is 4.39. The van der Waals surface area contributed by atoms with E-state index in [-0.39, 0.29) is 18.0 Å². The van der Waals surface area contributed by atoms with Gasteiger partial charge >= 0.3 is 5.97 Å². The summed E-state index contributed by atoms with van der Waals surface area (Å²) in [4.78, 5) is 44.6. The number of thioether (sulfide) groups is 1. The zero-order chi connectivity index (χ0) is 25.1. The average Bonchev–Trinajstić information content (AvgIpc) is 3.25. The molecule has 9 nitrogen and oxygen atoms in total. The fraction of sp³-hybridized carbons (Fsp3) is 0.240. The van der Waals surface area contributed by atoms with Crippen molar-refractivity contribution in [2.45, 2.75) is 25.9 Å². The van der Waals surface area contributed by atoms with Crippen molar-refractivity contribution in [1.29, 1.82) is 0 Å². The van der Waals surface area contributed by atoms with Gasteiger partial charge < -0.3 is 14.5 Å². The van der Waals surface area contributed by atoms with Crippen LogP contribution in [0.3, 0.4) is 0 Å². The normalized spacial score (nSPS) is 16.9. The largest absolute Gasteiger partial charge is 0.466 e. The van der Waals surface area contributed by atoms with Crippen molar-refractivity contribution >= 4 is 34.5 Å². The van der Waals surface area contributed by atoms with Gasteiger partial charge in [-0.2, -0.15) is 0 Å². The summed E-state index contributed by atoms with van der Waals surface area (Å²) in [6.07, 6.45) is 0.104. The van der Waals surface area contributed by atoms with Crippen LogP contribution in [0.4, 0.5) is 5.69 Å². The van der Waals surface area contributed by atoms with Crippen molar-refractivity contribution in [3.05, 3.63) is 98.2 Å². The van der Waals surface area contributed by atoms with Crippen LogP contribution in [0.25, 0.3) is 0 Å². The SMILES string of the molecule is COC(=O)C1=C(C)N=C2SC=C(CC(=O)N(C)Cc3ccccc3)N2C1c1ccc([N+](=O)[O-])cc1. The van der Waals surface area contributed by atoms with E-state index in [0.29, 0.717) is 34.2 Å². The number of methoxy groups -OCH3 is 1. The molecular formula is C25H24N4O5S. The molecule has 4 rings (SSSR count). The van der Waals surface area contributed by atoms with Gasteiger partial charge in [0, 0.05) is 31.4 Å². The Balaban J connectivity index is 1.64. The number of allylic oxidation sites excluding steroid dienone is 1. The lowest BCUT2D eigenvalue weighted by Gasteiger charge is -2.36. The zero-order valence-electron chi connectivity index (χ0n) is 19.5. The van der Waals surface area contributed by atoms with Crippen molar-refractivity contribution in [2.24, 2.45) is 4.99 Å². The van der Waals surface area contributed by atoms with E-state index in [1.165, 1.54) is 31.0 Å². The van der Waals surface area contributed by atoms with Crippen molar-refractivity contribution in [1.82, 2.24) is 9.80 Å². The standard InChI is InChI=1S/C25H24N4O5S/c1-16-22(24(31)34-3)23(18-9-11-19(12-10-18)29(32)33)28-20(15-35-25(28)26-16)13-21(30)27(2)14-17-7-5-4-6-8-17/h4-12,15,23H,13-14H2,1-3H3. The monoisotopic (exact) mass is 492 g/mol. The summed E-state index contributed by atoms with van der Waals surface area (Å²) in [6, 6.07) is 15.1. The van der Waals surface area contributed by atoms with E-state index in [2.05, 4.69) is 4.99 Å². The van der Waals surface area contributed by atoms with E-state index in [1.54, 1.807) is 31.0 Å². The van der Waals surface area contributed by atoms with Crippen LogP contribution in [0.2, 0.25) is 0 Å². The second-order valence-corrected chi connectivity index (χ2v) is 8.98. The highest BCUT2D eigenvalue weighted by Crippen LogP contribution is 2.45. The van der Waals surface area contributed by atoms with E-state index >= 15 is 0 Å². The summed E-state index contributed by atoms with van der Waals surface area (Å²) in [6.45, 7) is 2.20. The Hall–Kier alpha value is -3.92. The number of benzene rings is 2. The number of hydrogen-bond donors (Lipinski definition) is 0. The van der Waals surface area contributed by atoms with Crippen LogP contribution in [0.1, 0.15) is 30.5 Å². The number of amides is 1. The zero-order valence-corrected chi connectivity index (χ0v) is 20.3. The van der Waals surface area contributed by atoms with Gasteiger partial charge in [-0.05, 0) is 35.6 Å². The molecule has 0 N–H and O–H groups in total. The summed E-state index contributed by atoms with van der Waals surface area (Å²) in [5, 5.41) is 13.6. The molecule has 2 aromatic rings. The number of rotatable bonds is 7. The smallest absolute Gasteiger partial charge is 0.338 e. The molecule has 2 aliphatic heterocycles. The highest BCUT2D eigenvalue weighted by atomic mass is 32.2. The van der Waals surface area contributed by atoms with Gasteiger partial charge in [-0.25, -0.2) is 9.79 Å². The number of nitrogens with zero attached hydrogens (tertiary/aromatic N) is 4. The maximum atomic E-state index is 13.1. The number of amidine groups is 1. The second-order valence-electron chi connectivity index (χ2n) is 8.15. The Morgan fingerprint density at radius 2 is 1.86 bits per heavy atom. The number of non-ortho nitro benzene ring substituents is 1. The van der Waals surface area contributed by atoms with Crippen LogP contribution in [-0.4, -0.2) is 45.9 Å². The fourth-order valence-electron chi connectivity index (χ4n) is 4.07. The van der Waals surface area contributed by atoms with Crippen LogP contribution < -0.4 is 0 Å². The molecule has 1 atom stereocenters. The minimum absolute atomic E-state index is 0.0527. The van der Waals surface area contributed by atoms with Crippen LogP contribution in [0, 0.1) is 10.1 Å². The molecule has 0 spiro atoms.